The molecule has 0 unspecified atom stereocenters. The van der Waals surface area contributed by atoms with Gasteiger partial charge in [-0.1, -0.05) is 0 Å². The summed E-state index contributed by atoms with van der Waals surface area (Å²) in [6.07, 6.45) is 0. The van der Waals surface area contributed by atoms with Gasteiger partial charge in [0.15, 0.2) is 0 Å². The van der Waals surface area contributed by atoms with Crippen molar-refractivity contribution < 1.29 is 10.2 Å². The SMILES string of the molecule is O=[N+]([O-])[O-].O=[N+]([O-])[O-].[GeH2+2]. The second-order valence-corrected chi connectivity index (χ2v) is 0.447. The third-order valence-electron chi connectivity index (χ3n) is 0. The summed E-state index contributed by atoms with van der Waals surface area (Å²) in [5, 5.41) is 29.5. The molecular weight excluding hydrogens is 197 g/mol. The summed E-state index contributed by atoms with van der Waals surface area (Å²) in [6, 6.07) is 0. The molecule has 8 nitrogen and oxygen atoms in total. The van der Waals surface area contributed by atoms with Gasteiger partial charge in [-0.15, -0.1) is 0 Å². The summed E-state index contributed by atoms with van der Waals surface area (Å²) in [5.41, 5.74) is 0. The fourth-order valence-electron chi connectivity index (χ4n) is 0. The molecule has 0 N–H and O–H groups in total. The van der Waals surface area contributed by atoms with E-state index >= 15 is 0 Å². The van der Waals surface area contributed by atoms with E-state index in [1.54, 1.807) is 0 Å². The number of hydrogen-bond acceptors (Lipinski definition) is 6. The molecule has 0 aromatic rings. The van der Waals surface area contributed by atoms with Gasteiger partial charge >= 0.3 is 17.6 Å². The average molecular weight is 199 g/mol. The van der Waals surface area contributed by atoms with Crippen molar-refractivity contribution in [2.45, 2.75) is 0 Å². The average Bonchev–Trinajstić information content (AvgIpc) is 1.25. The molecule has 52 valence electrons. The summed E-state index contributed by atoms with van der Waals surface area (Å²) < 4.78 is 0. The fraction of sp³-hybridized carbons (Fsp3) is 0. The Kier molecular flexibility index (Phi) is 17.5. The van der Waals surface area contributed by atoms with Crippen molar-refractivity contribution >= 4 is 17.6 Å². The Labute approximate surface area is 59.3 Å². The Balaban J connectivity index is -0.0000000720. The van der Waals surface area contributed by atoms with Crippen LogP contribution in [0.5, 0.6) is 0 Å². The molecule has 9 heteroatoms. The van der Waals surface area contributed by atoms with Gasteiger partial charge in [0.2, 0.25) is 0 Å². The van der Waals surface area contributed by atoms with E-state index in [1.165, 1.54) is 0 Å². The van der Waals surface area contributed by atoms with E-state index in [1.807, 2.05) is 0 Å². The normalized spacial score (nSPS) is 5.33. The summed E-state index contributed by atoms with van der Waals surface area (Å²) in [6.45, 7) is 0. The zero-order valence-electron chi connectivity index (χ0n) is 4.05. The molecule has 0 aliphatic carbocycles. The molecular formula is H2GeN2O6. The van der Waals surface area contributed by atoms with Gasteiger partial charge in [0, 0.05) is 0 Å². The quantitative estimate of drug-likeness (QED) is 0.267. The first-order valence-electron chi connectivity index (χ1n) is 1.10. The Morgan fingerprint density at radius 3 is 0.778 bits per heavy atom. The van der Waals surface area contributed by atoms with Crippen molar-refractivity contribution in [3.8, 4) is 0 Å². The summed E-state index contributed by atoms with van der Waals surface area (Å²) in [7, 11) is 0. The van der Waals surface area contributed by atoms with Crippen molar-refractivity contribution in [2.24, 2.45) is 0 Å². The van der Waals surface area contributed by atoms with Gasteiger partial charge in [0.05, 0.1) is 10.2 Å². The minimum atomic E-state index is -1.75. The van der Waals surface area contributed by atoms with Crippen molar-refractivity contribution in [1.82, 2.24) is 0 Å². The Morgan fingerprint density at radius 2 is 0.778 bits per heavy atom. The van der Waals surface area contributed by atoms with Crippen molar-refractivity contribution in [2.75, 3.05) is 0 Å². The molecule has 0 aliphatic heterocycles. The van der Waals surface area contributed by atoms with E-state index < -0.39 is 10.2 Å². The van der Waals surface area contributed by atoms with Crippen LogP contribution in [0.4, 0.5) is 0 Å². The van der Waals surface area contributed by atoms with Crippen LogP contribution in [0.3, 0.4) is 0 Å². The van der Waals surface area contributed by atoms with Crippen LogP contribution < -0.4 is 0 Å². The topological polar surface area (TPSA) is 132 Å². The molecule has 0 amide bonds. The van der Waals surface area contributed by atoms with E-state index in [0.29, 0.717) is 0 Å². The molecule has 0 bridgehead atoms. The molecule has 0 aliphatic rings. The first-order chi connectivity index (χ1) is 3.46. The zero-order chi connectivity index (χ0) is 7.15. The van der Waals surface area contributed by atoms with E-state index in [-0.39, 0.29) is 17.6 Å². The van der Waals surface area contributed by atoms with Gasteiger partial charge in [-0.2, -0.15) is 0 Å². The van der Waals surface area contributed by atoms with E-state index in [9.17, 15) is 0 Å². The van der Waals surface area contributed by atoms with Crippen molar-refractivity contribution in [1.29, 1.82) is 0 Å². The molecule has 0 aromatic carbocycles. The van der Waals surface area contributed by atoms with Crippen LogP contribution in [0.25, 0.3) is 0 Å². The van der Waals surface area contributed by atoms with Crippen LogP contribution in [0, 0.1) is 30.6 Å². The third kappa shape index (κ3) is 152. The fourth-order valence-corrected chi connectivity index (χ4v) is 0. The predicted molar refractivity (Wildman–Crippen MR) is 29.3 cm³/mol. The summed E-state index contributed by atoms with van der Waals surface area (Å²) >= 11 is 0. The van der Waals surface area contributed by atoms with Crippen LogP contribution in [0.15, 0.2) is 0 Å². The van der Waals surface area contributed by atoms with Crippen LogP contribution in [0.1, 0.15) is 0 Å². The standard InChI is InChI=1S/GeH2.2NO3/c;2*2-1(3)4/h1H2;;/q+2;2*-1. The maximum atomic E-state index is 8.25. The number of rotatable bonds is 0. The molecule has 0 atom stereocenters. The second-order valence-electron chi connectivity index (χ2n) is 0.447. The number of hydrogen-bond donors (Lipinski definition) is 0. The Bertz CT molecular complexity index is 69.1. The van der Waals surface area contributed by atoms with Gasteiger partial charge in [0.1, 0.15) is 0 Å². The van der Waals surface area contributed by atoms with Gasteiger partial charge < -0.3 is 30.6 Å². The van der Waals surface area contributed by atoms with Gasteiger partial charge in [-0.05, 0) is 0 Å². The molecule has 0 fully saturated rings. The zero-order valence-corrected chi connectivity index (χ0v) is 7.02. The summed E-state index contributed by atoms with van der Waals surface area (Å²) in [5.74, 6) is 0. The monoisotopic (exact) mass is 200 g/mol. The Morgan fingerprint density at radius 1 is 0.778 bits per heavy atom. The van der Waals surface area contributed by atoms with Gasteiger partial charge in [0.25, 0.3) is 0 Å². The molecule has 0 aromatic heterocycles. The van der Waals surface area contributed by atoms with E-state index in [4.69, 9.17) is 30.6 Å². The first-order valence-corrected chi connectivity index (χ1v) is 1.10. The summed E-state index contributed by atoms with van der Waals surface area (Å²) in [4.78, 5) is 16.5. The molecule has 0 heterocycles. The molecule has 0 saturated heterocycles. The van der Waals surface area contributed by atoms with Gasteiger partial charge in [-0.25, -0.2) is 0 Å². The molecule has 0 rings (SSSR count). The van der Waals surface area contributed by atoms with Gasteiger partial charge in [-0.3, -0.25) is 0 Å². The van der Waals surface area contributed by atoms with Crippen LogP contribution >= 0.6 is 0 Å². The van der Waals surface area contributed by atoms with E-state index in [2.05, 4.69) is 0 Å². The predicted octanol–water partition coefficient (Wildman–Crippen LogP) is -1.39. The second kappa shape index (κ2) is 10.0. The van der Waals surface area contributed by atoms with Crippen LogP contribution in [-0.4, -0.2) is 27.8 Å². The third-order valence-corrected chi connectivity index (χ3v) is 0. The molecule has 0 spiro atoms. The first kappa shape index (κ1) is 15.7. The molecule has 0 radical (unpaired) electrons. The van der Waals surface area contributed by atoms with Crippen LogP contribution in [-0.2, 0) is 0 Å². The maximum absolute atomic E-state index is 8.25. The molecule has 9 heavy (non-hydrogen) atoms. The van der Waals surface area contributed by atoms with Crippen molar-refractivity contribution in [3.05, 3.63) is 30.6 Å². The molecule has 0 saturated carbocycles. The van der Waals surface area contributed by atoms with Crippen LogP contribution in [0.2, 0.25) is 0 Å². The Hall–Kier alpha value is -1.06. The van der Waals surface area contributed by atoms with Crippen molar-refractivity contribution in [3.63, 3.8) is 0 Å². The number of nitrogens with zero attached hydrogens (tertiary/aromatic N) is 2. The minimum absolute atomic E-state index is 0. The van der Waals surface area contributed by atoms with E-state index in [0.717, 1.165) is 0 Å².